The fourth-order valence-corrected chi connectivity index (χ4v) is 4.72. The molecule has 0 aliphatic carbocycles. The van der Waals surface area contributed by atoms with E-state index in [1.54, 1.807) is 24.3 Å². The van der Waals surface area contributed by atoms with Gasteiger partial charge in [0.15, 0.2) is 0 Å². The molecule has 7 heteroatoms. The first-order valence-corrected chi connectivity index (χ1v) is 9.55. The Morgan fingerprint density at radius 3 is 2.95 bits per heavy atom. The zero-order chi connectivity index (χ0) is 14.6. The van der Waals surface area contributed by atoms with Gasteiger partial charge in [-0.25, -0.2) is 13.1 Å². The van der Waals surface area contributed by atoms with Crippen molar-refractivity contribution >= 4 is 39.0 Å². The summed E-state index contributed by atoms with van der Waals surface area (Å²) < 4.78 is 26.8. The summed E-state index contributed by atoms with van der Waals surface area (Å²) in [5, 5.41) is 0.410. The number of nitrogens with one attached hydrogen (secondary N) is 1. The van der Waals surface area contributed by atoms with Gasteiger partial charge in [0.25, 0.3) is 0 Å². The Kier molecular flexibility index (Phi) is 5.42. The Balaban J connectivity index is 1.96. The van der Waals surface area contributed by atoms with Crippen LogP contribution in [-0.2, 0) is 15.8 Å². The first-order valence-electron chi connectivity index (χ1n) is 6.44. The van der Waals surface area contributed by atoms with Crippen LogP contribution in [0.15, 0.2) is 24.3 Å². The molecule has 1 saturated heterocycles. The van der Waals surface area contributed by atoms with E-state index in [9.17, 15) is 8.42 Å². The number of hydrogen-bond acceptors (Lipinski definition) is 4. The van der Waals surface area contributed by atoms with Gasteiger partial charge in [-0.15, -0.1) is 0 Å². The third kappa shape index (κ3) is 4.73. The molecule has 0 spiro atoms. The van der Waals surface area contributed by atoms with Gasteiger partial charge in [-0.05, 0) is 30.2 Å². The predicted octanol–water partition coefficient (Wildman–Crippen LogP) is 1.64. The van der Waals surface area contributed by atoms with Gasteiger partial charge in [0.2, 0.25) is 10.0 Å². The van der Waals surface area contributed by atoms with Crippen molar-refractivity contribution in [2.24, 2.45) is 5.73 Å². The maximum Gasteiger partial charge on any atom is 0.215 e. The lowest BCUT2D eigenvalue weighted by molar-refractivity contribution is 0.578. The maximum atomic E-state index is 12.1. The fraction of sp³-hybridized carbons (Fsp3) is 0.462. The lowest BCUT2D eigenvalue weighted by Crippen LogP contribution is -2.30. The molecule has 0 aromatic heterocycles. The smallest absolute Gasteiger partial charge is 0.215 e. The molecule has 0 bridgehead atoms. The van der Waals surface area contributed by atoms with Crippen LogP contribution in [0.2, 0.25) is 0 Å². The zero-order valence-electron chi connectivity index (χ0n) is 11.0. The van der Waals surface area contributed by atoms with Crippen LogP contribution < -0.4 is 10.5 Å². The van der Waals surface area contributed by atoms with Crippen LogP contribution in [-0.4, -0.2) is 31.0 Å². The third-order valence-corrected chi connectivity index (χ3v) is 6.08. The van der Waals surface area contributed by atoms with E-state index in [0.29, 0.717) is 22.9 Å². The molecule has 1 aromatic rings. The standard InChI is InChI=1S/C13H18N2O2S3/c14-13(18)11-4-1-3-10(7-11)9-20(16,17)15-8-12-5-2-6-19-12/h1,3-4,7,12,15H,2,5-6,8-9H2,(H2,14,18). The van der Waals surface area contributed by atoms with E-state index in [4.69, 9.17) is 18.0 Å². The zero-order valence-corrected chi connectivity index (χ0v) is 13.5. The van der Waals surface area contributed by atoms with E-state index >= 15 is 0 Å². The average molecular weight is 331 g/mol. The highest BCUT2D eigenvalue weighted by Crippen LogP contribution is 2.25. The summed E-state index contributed by atoms with van der Waals surface area (Å²) in [6.45, 7) is 0.516. The normalized spacial score (nSPS) is 19.1. The summed E-state index contributed by atoms with van der Waals surface area (Å²) in [5.41, 5.74) is 6.94. The van der Waals surface area contributed by atoms with Crippen LogP contribution in [0.25, 0.3) is 0 Å². The van der Waals surface area contributed by atoms with E-state index in [1.165, 1.54) is 6.42 Å². The molecular weight excluding hydrogens is 312 g/mol. The monoisotopic (exact) mass is 330 g/mol. The van der Waals surface area contributed by atoms with Crippen LogP contribution in [0.5, 0.6) is 0 Å². The van der Waals surface area contributed by atoms with Crippen molar-refractivity contribution in [3.05, 3.63) is 35.4 Å². The highest BCUT2D eigenvalue weighted by molar-refractivity contribution is 8.00. The SMILES string of the molecule is NC(=S)c1cccc(CS(=O)(=O)NCC2CCCS2)c1. The second-order valence-electron chi connectivity index (χ2n) is 4.81. The van der Waals surface area contributed by atoms with Crippen molar-refractivity contribution in [2.45, 2.75) is 23.8 Å². The summed E-state index contributed by atoms with van der Waals surface area (Å²) in [4.78, 5) is 0.277. The van der Waals surface area contributed by atoms with Crippen LogP contribution in [0.3, 0.4) is 0 Å². The van der Waals surface area contributed by atoms with E-state index in [2.05, 4.69) is 4.72 Å². The molecule has 1 heterocycles. The quantitative estimate of drug-likeness (QED) is 0.776. The van der Waals surface area contributed by atoms with Crippen LogP contribution >= 0.6 is 24.0 Å². The minimum atomic E-state index is -3.31. The molecule has 1 atom stereocenters. The van der Waals surface area contributed by atoms with Gasteiger partial charge >= 0.3 is 0 Å². The van der Waals surface area contributed by atoms with Gasteiger partial charge in [-0.1, -0.05) is 30.4 Å². The van der Waals surface area contributed by atoms with Crippen LogP contribution in [0.4, 0.5) is 0 Å². The molecule has 1 aliphatic rings. The largest absolute Gasteiger partial charge is 0.389 e. The first-order chi connectivity index (χ1) is 9.46. The number of sulfonamides is 1. The predicted molar refractivity (Wildman–Crippen MR) is 88.4 cm³/mol. The van der Waals surface area contributed by atoms with Crippen molar-refractivity contribution in [1.82, 2.24) is 4.72 Å². The van der Waals surface area contributed by atoms with Gasteiger partial charge in [-0.2, -0.15) is 11.8 Å². The molecular formula is C13H18N2O2S3. The van der Waals surface area contributed by atoms with E-state index < -0.39 is 10.0 Å². The molecule has 1 aliphatic heterocycles. The van der Waals surface area contributed by atoms with Crippen LogP contribution in [0, 0.1) is 0 Å². The summed E-state index contributed by atoms with van der Waals surface area (Å²) >= 11 is 6.73. The van der Waals surface area contributed by atoms with Gasteiger partial charge in [0, 0.05) is 17.4 Å². The Morgan fingerprint density at radius 2 is 2.30 bits per heavy atom. The topological polar surface area (TPSA) is 72.2 Å². The Morgan fingerprint density at radius 1 is 1.50 bits per heavy atom. The van der Waals surface area contributed by atoms with Crippen molar-refractivity contribution in [3.63, 3.8) is 0 Å². The lowest BCUT2D eigenvalue weighted by atomic mass is 10.1. The Labute approximate surface area is 129 Å². The number of nitrogens with two attached hydrogens (primary N) is 1. The Bertz CT molecular complexity index is 581. The van der Waals surface area contributed by atoms with Crippen molar-refractivity contribution < 1.29 is 8.42 Å². The van der Waals surface area contributed by atoms with E-state index in [1.807, 2.05) is 11.8 Å². The third-order valence-electron chi connectivity index (χ3n) is 3.12. The number of thiocarbonyl (C=S) groups is 1. The van der Waals surface area contributed by atoms with Crippen LogP contribution in [0.1, 0.15) is 24.0 Å². The number of hydrogen-bond donors (Lipinski definition) is 2. The maximum absolute atomic E-state index is 12.1. The highest BCUT2D eigenvalue weighted by Gasteiger charge is 2.19. The molecule has 0 amide bonds. The Hall–Kier alpha value is -0.630. The fourth-order valence-electron chi connectivity index (χ4n) is 2.11. The summed E-state index contributed by atoms with van der Waals surface area (Å²) in [6, 6.07) is 7.05. The molecule has 0 radical (unpaired) electrons. The second-order valence-corrected chi connectivity index (χ2v) is 8.46. The average Bonchev–Trinajstić information content (AvgIpc) is 2.89. The molecule has 110 valence electrons. The van der Waals surface area contributed by atoms with Gasteiger partial charge in [-0.3, -0.25) is 0 Å². The highest BCUT2D eigenvalue weighted by atomic mass is 32.2. The van der Waals surface area contributed by atoms with E-state index in [0.717, 1.165) is 12.2 Å². The summed E-state index contributed by atoms with van der Waals surface area (Å²) in [5.74, 6) is 1.09. The molecule has 1 fully saturated rings. The molecule has 20 heavy (non-hydrogen) atoms. The number of rotatable bonds is 6. The molecule has 3 N–H and O–H groups in total. The number of thioether (sulfide) groups is 1. The molecule has 1 aromatic carbocycles. The summed E-state index contributed by atoms with van der Waals surface area (Å²) in [6.07, 6.45) is 2.26. The van der Waals surface area contributed by atoms with Gasteiger partial charge in [0.05, 0.1) is 5.75 Å². The summed E-state index contributed by atoms with van der Waals surface area (Å²) in [7, 11) is -3.31. The minimum absolute atomic E-state index is 0.0408. The first kappa shape index (κ1) is 15.8. The van der Waals surface area contributed by atoms with Crippen molar-refractivity contribution in [3.8, 4) is 0 Å². The van der Waals surface area contributed by atoms with Gasteiger partial charge < -0.3 is 5.73 Å². The number of benzene rings is 1. The molecule has 1 unspecified atom stereocenters. The second kappa shape index (κ2) is 6.89. The van der Waals surface area contributed by atoms with Crippen molar-refractivity contribution in [1.29, 1.82) is 0 Å². The van der Waals surface area contributed by atoms with Crippen molar-refractivity contribution in [2.75, 3.05) is 12.3 Å². The van der Waals surface area contributed by atoms with E-state index in [-0.39, 0.29) is 10.7 Å². The lowest BCUT2D eigenvalue weighted by Gasteiger charge is -2.11. The minimum Gasteiger partial charge on any atom is -0.389 e. The van der Waals surface area contributed by atoms with Gasteiger partial charge in [0.1, 0.15) is 4.99 Å². The molecule has 0 saturated carbocycles. The molecule has 2 rings (SSSR count). The molecule has 4 nitrogen and oxygen atoms in total.